The lowest BCUT2D eigenvalue weighted by molar-refractivity contribution is -0.145. The van der Waals surface area contributed by atoms with Crippen molar-refractivity contribution < 1.29 is 34.1 Å². The third-order valence-electron chi connectivity index (χ3n) is 6.63. The fourth-order valence-electron chi connectivity index (χ4n) is 4.32. The van der Waals surface area contributed by atoms with Crippen molar-refractivity contribution in [3.05, 3.63) is 96.6 Å². The van der Waals surface area contributed by atoms with Crippen molar-refractivity contribution in [3.63, 3.8) is 0 Å². The Morgan fingerprint density at radius 2 is 1.42 bits per heavy atom. The molecule has 2 aromatic rings. The molecule has 45 heavy (non-hydrogen) atoms. The number of rotatable bonds is 20. The highest BCUT2D eigenvalue weighted by atomic mass is 32.1. The fourth-order valence-corrected chi connectivity index (χ4v) is 4.73. The summed E-state index contributed by atoms with van der Waals surface area (Å²) in [5.74, 6) is -1.95. The van der Waals surface area contributed by atoms with Gasteiger partial charge in [-0.2, -0.15) is 25.3 Å². The second-order valence-corrected chi connectivity index (χ2v) is 11.1. The average molecular weight is 658 g/mol. The maximum absolute atomic E-state index is 13.5. The Morgan fingerprint density at radius 3 is 2.00 bits per heavy atom. The Labute approximate surface area is 275 Å². The highest BCUT2D eigenvalue weighted by Crippen LogP contribution is 2.11. The van der Waals surface area contributed by atoms with Gasteiger partial charge in [-0.25, -0.2) is 0 Å². The monoisotopic (exact) mass is 657 g/mol. The zero-order chi connectivity index (χ0) is 33.0. The summed E-state index contributed by atoms with van der Waals surface area (Å²) in [5.41, 5.74) is 1.58. The smallest absolute Gasteiger partial charge is 0.308 e. The van der Waals surface area contributed by atoms with Crippen LogP contribution in [0.3, 0.4) is 0 Å². The summed E-state index contributed by atoms with van der Waals surface area (Å²) in [5, 5.41) is 29.1. The molecular weight excluding hydrogens is 615 g/mol. The van der Waals surface area contributed by atoms with Crippen LogP contribution in [-0.2, 0) is 36.8 Å². The van der Waals surface area contributed by atoms with Gasteiger partial charge in [0.2, 0.25) is 17.7 Å². The quantitative estimate of drug-likeness (QED) is 0.0653. The second-order valence-electron chi connectivity index (χ2n) is 10.3. The van der Waals surface area contributed by atoms with Crippen LogP contribution in [0.1, 0.15) is 30.4 Å². The number of ether oxygens (including phenoxy) is 1. The number of carbonyl (C=O) groups is 4. The van der Waals surface area contributed by atoms with Gasteiger partial charge in [0, 0.05) is 12.2 Å². The minimum absolute atomic E-state index is 0.0125. The largest absolute Gasteiger partial charge is 0.461 e. The molecule has 0 fully saturated rings. The zero-order valence-corrected chi connectivity index (χ0v) is 26.9. The van der Waals surface area contributed by atoms with E-state index in [0.717, 1.165) is 11.1 Å². The lowest BCUT2D eigenvalue weighted by atomic mass is 9.98. The zero-order valence-electron chi connectivity index (χ0n) is 25.1. The molecule has 0 aliphatic rings. The standard InChI is InChI=1S/C33H43N3O7S2/c1-2-16-43-31(40)21-29(38)26(18-23-11-5-3-6-12-23)35-33(42)28(22-45)36-32(41)27(19-24-13-7-4-8-14-24)34-30(39)20-25(37)15-9-10-17-44/h2-9,11-15,25-29,37-38,44-45H,1,10,16-22H2,(H,34,39)(H,35,42)(H,36,41)/b15-9+/t25-,26-,27-,28-,29+/m1/s1. The first kappa shape index (κ1) is 37.6. The first-order chi connectivity index (χ1) is 21.7. The molecule has 2 rings (SSSR count). The van der Waals surface area contributed by atoms with E-state index >= 15 is 0 Å². The summed E-state index contributed by atoms with van der Waals surface area (Å²) in [7, 11) is 0. The molecule has 0 saturated heterocycles. The lowest BCUT2D eigenvalue weighted by Gasteiger charge is -2.27. The number of amides is 3. The van der Waals surface area contributed by atoms with Crippen molar-refractivity contribution in [2.75, 3.05) is 18.1 Å². The highest BCUT2D eigenvalue weighted by Gasteiger charge is 2.30. The molecule has 2 aromatic carbocycles. The van der Waals surface area contributed by atoms with Gasteiger partial charge >= 0.3 is 5.97 Å². The number of aliphatic hydroxyl groups excluding tert-OH is 2. The molecule has 3 amide bonds. The molecule has 0 aliphatic heterocycles. The molecular formula is C33H43N3O7S2. The Hall–Kier alpha value is -3.58. The van der Waals surface area contributed by atoms with E-state index in [0.29, 0.717) is 12.2 Å². The molecule has 244 valence electrons. The number of thiol groups is 2. The van der Waals surface area contributed by atoms with Crippen molar-refractivity contribution in [2.24, 2.45) is 0 Å². The Bertz CT molecular complexity index is 1250. The summed E-state index contributed by atoms with van der Waals surface area (Å²) in [6.07, 6.45) is 2.65. The van der Waals surface area contributed by atoms with Gasteiger partial charge in [-0.3, -0.25) is 19.2 Å². The van der Waals surface area contributed by atoms with Crippen LogP contribution >= 0.6 is 25.3 Å². The van der Waals surface area contributed by atoms with E-state index in [4.69, 9.17) is 4.74 Å². The number of nitrogens with one attached hydrogen (secondary N) is 3. The van der Waals surface area contributed by atoms with E-state index in [-0.39, 0.29) is 38.0 Å². The molecule has 12 heteroatoms. The molecule has 0 aromatic heterocycles. The lowest BCUT2D eigenvalue weighted by Crippen LogP contribution is -2.57. The number of esters is 1. The van der Waals surface area contributed by atoms with Gasteiger partial charge in [0.25, 0.3) is 0 Å². The highest BCUT2D eigenvalue weighted by molar-refractivity contribution is 7.80. The molecule has 5 N–H and O–H groups in total. The summed E-state index contributed by atoms with van der Waals surface area (Å²) < 4.78 is 4.99. The number of benzene rings is 2. The SMILES string of the molecule is C=CCOC(=O)C[C@H](O)[C@@H](Cc1ccccc1)NC(=O)[C@@H](CS)NC(=O)[C@@H](Cc1ccccc1)NC(=O)C[C@H](O)/C=C/CCS. The molecule has 5 atom stereocenters. The topological polar surface area (TPSA) is 154 Å². The van der Waals surface area contributed by atoms with Gasteiger partial charge in [-0.15, -0.1) is 0 Å². The Morgan fingerprint density at radius 1 is 0.822 bits per heavy atom. The maximum atomic E-state index is 13.5. The van der Waals surface area contributed by atoms with Gasteiger partial charge in [0.1, 0.15) is 18.7 Å². The van der Waals surface area contributed by atoms with Crippen LogP contribution in [0.4, 0.5) is 0 Å². The van der Waals surface area contributed by atoms with Crippen molar-refractivity contribution >= 4 is 48.9 Å². The molecule has 0 unspecified atom stereocenters. The number of hydrogen-bond donors (Lipinski definition) is 7. The van der Waals surface area contributed by atoms with E-state index in [1.54, 1.807) is 30.3 Å². The van der Waals surface area contributed by atoms with E-state index < -0.39 is 54.0 Å². The van der Waals surface area contributed by atoms with Crippen LogP contribution in [0.15, 0.2) is 85.5 Å². The van der Waals surface area contributed by atoms with Crippen molar-refractivity contribution in [1.82, 2.24) is 16.0 Å². The number of hydrogen-bond acceptors (Lipinski definition) is 9. The van der Waals surface area contributed by atoms with Gasteiger partial charge < -0.3 is 30.9 Å². The van der Waals surface area contributed by atoms with E-state index in [1.165, 1.54) is 12.2 Å². The third kappa shape index (κ3) is 14.8. The van der Waals surface area contributed by atoms with Crippen LogP contribution in [0.25, 0.3) is 0 Å². The molecule has 0 saturated carbocycles. The van der Waals surface area contributed by atoms with E-state index in [1.807, 2.05) is 36.4 Å². The van der Waals surface area contributed by atoms with Gasteiger partial charge in [0.15, 0.2) is 0 Å². The summed E-state index contributed by atoms with van der Waals surface area (Å²) in [4.78, 5) is 51.8. The molecule has 0 bridgehead atoms. The maximum Gasteiger partial charge on any atom is 0.308 e. The number of aliphatic hydroxyl groups is 2. The first-order valence-corrected chi connectivity index (χ1v) is 15.9. The minimum atomic E-state index is -1.29. The Kier molecular flexibility index (Phi) is 17.7. The summed E-state index contributed by atoms with van der Waals surface area (Å²) in [6.45, 7) is 3.48. The van der Waals surface area contributed by atoms with Crippen LogP contribution in [0.2, 0.25) is 0 Å². The summed E-state index contributed by atoms with van der Waals surface area (Å²) in [6, 6.07) is 15.1. The number of allylic oxidation sites excluding steroid dienone is 1. The minimum Gasteiger partial charge on any atom is -0.461 e. The van der Waals surface area contributed by atoms with Crippen molar-refractivity contribution in [2.45, 2.75) is 62.4 Å². The normalized spacial score (nSPS) is 14.4. The first-order valence-electron chi connectivity index (χ1n) is 14.7. The van der Waals surface area contributed by atoms with Gasteiger partial charge in [-0.1, -0.05) is 85.5 Å². The molecule has 10 nitrogen and oxygen atoms in total. The van der Waals surface area contributed by atoms with Gasteiger partial charge in [0.05, 0.1) is 31.1 Å². The van der Waals surface area contributed by atoms with Crippen molar-refractivity contribution in [3.8, 4) is 0 Å². The number of carbonyl (C=O) groups excluding carboxylic acids is 4. The van der Waals surface area contributed by atoms with Crippen LogP contribution in [0.5, 0.6) is 0 Å². The molecule has 0 aliphatic carbocycles. The van der Waals surface area contributed by atoms with Crippen LogP contribution in [0, 0.1) is 0 Å². The summed E-state index contributed by atoms with van der Waals surface area (Å²) >= 11 is 8.37. The second kappa shape index (κ2) is 21.2. The van der Waals surface area contributed by atoms with Crippen LogP contribution < -0.4 is 16.0 Å². The van der Waals surface area contributed by atoms with Crippen molar-refractivity contribution in [1.29, 1.82) is 0 Å². The molecule has 0 radical (unpaired) electrons. The van der Waals surface area contributed by atoms with Gasteiger partial charge in [-0.05, 0) is 29.7 Å². The van der Waals surface area contributed by atoms with Crippen LogP contribution in [-0.4, -0.2) is 82.3 Å². The predicted octanol–water partition coefficient (Wildman–Crippen LogP) is 1.96. The van der Waals surface area contributed by atoms with E-state index in [9.17, 15) is 29.4 Å². The molecule has 0 spiro atoms. The fraction of sp³-hybridized carbons (Fsp3) is 0.394. The average Bonchev–Trinajstić information content (AvgIpc) is 3.02. The van der Waals surface area contributed by atoms with E-state index in [2.05, 4.69) is 47.8 Å². The third-order valence-corrected chi connectivity index (χ3v) is 7.25. The molecule has 0 heterocycles. The predicted molar refractivity (Wildman–Crippen MR) is 180 cm³/mol. The Balaban J connectivity index is 2.17.